The molecule has 0 aliphatic carbocycles. The minimum atomic E-state index is -0.347. The molecular weight excluding hydrogens is 194 g/mol. The highest BCUT2D eigenvalue weighted by molar-refractivity contribution is 5.85. The molecule has 0 aromatic carbocycles. The van der Waals surface area contributed by atoms with Crippen LogP contribution in [0.25, 0.3) is 0 Å². The Labute approximate surface area is 90.0 Å². The van der Waals surface area contributed by atoms with Gasteiger partial charge < -0.3 is 16.0 Å². The molecule has 5 heteroatoms. The van der Waals surface area contributed by atoms with Crippen molar-refractivity contribution in [2.24, 2.45) is 5.73 Å². The van der Waals surface area contributed by atoms with Crippen molar-refractivity contribution in [1.29, 1.82) is 0 Å². The smallest absolute Gasteiger partial charge is 0.242 e. The number of nitrogens with two attached hydrogens (primary N) is 1. The molecule has 84 valence electrons. The van der Waals surface area contributed by atoms with Gasteiger partial charge >= 0.3 is 0 Å². The van der Waals surface area contributed by atoms with E-state index in [-0.39, 0.29) is 31.4 Å². The SMILES string of the molecule is C#CCN(CCC)C(=O)CNC(=O)CN. The average molecular weight is 211 g/mol. The number of hydrogen-bond acceptors (Lipinski definition) is 3. The molecule has 0 bridgehead atoms. The minimum absolute atomic E-state index is 0.0439. The van der Waals surface area contributed by atoms with Crippen LogP contribution < -0.4 is 11.1 Å². The van der Waals surface area contributed by atoms with Crippen LogP contribution in [-0.2, 0) is 9.59 Å². The topological polar surface area (TPSA) is 75.4 Å². The van der Waals surface area contributed by atoms with Crippen LogP contribution in [-0.4, -0.2) is 42.9 Å². The number of hydrogen-bond donors (Lipinski definition) is 2. The molecular formula is C10H17N3O2. The van der Waals surface area contributed by atoms with E-state index in [1.165, 1.54) is 4.90 Å². The molecule has 0 fully saturated rings. The zero-order chi connectivity index (χ0) is 11.7. The van der Waals surface area contributed by atoms with Gasteiger partial charge in [-0.15, -0.1) is 6.42 Å². The summed E-state index contributed by atoms with van der Waals surface area (Å²) >= 11 is 0. The van der Waals surface area contributed by atoms with E-state index in [0.29, 0.717) is 6.54 Å². The van der Waals surface area contributed by atoms with Gasteiger partial charge in [-0.2, -0.15) is 0 Å². The molecule has 0 aliphatic rings. The quantitative estimate of drug-likeness (QED) is 0.549. The minimum Gasteiger partial charge on any atom is -0.346 e. The number of nitrogens with zero attached hydrogens (tertiary/aromatic N) is 1. The third kappa shape index (κ3) is 5.70. The molecule has 0 atom stereocenters. The van der Waals surface area contributed by atoms with E-state index in [1.807, 2.05) is 6.92 Å². The number of amides is 2. The fourth-order valence-corrected chi connectivity index (χ4v) is 1.03. The summed E-state index contributed by atoms with van der Waals surface area (Å²) in [6.07, 6.45) is 5.96. The van der Waals surface area contributed by atoms with E-state index in [0.717, 1.165) is 6.42 Å². The van der Waals surface area contributed by atoms with Crippen molar-refractivity contribution < 1.29 is 9.59 Å². The standard InChI is InChI=1S/C10H17N3O2/c1-3-5-13(6-4-2)10(15)8-12-9(14)7-11/h1H,4-8,11H2,2H3,(H,12,14). The van der Waals surface area contributed by atoms with Crippen LogP contribution in [0.3, 0.4) is 0 Å². The van der Waals surface area contributed by atoms with E-state index in [4.69, 9.17) is 12.2 Å². The normalized spacial score (nSPS) is 9.13. The predicted molar refractivity (Wildman–Crippen MR) is 57.8 cm³/mol. The van der Waals surface area contributed by atoms with Crippen LogP contribution >= 0.6 is 0 Å². The Bertz CT molecular complexity index is 258. The van der Waals surface area contributed by atoms with Crippen molar-refractivity contribution in [3.8, 4) is 12.3 Å². The van der Waals surface area contributed by atoms with Crippen LogP contribution in [0.15, 0.2) is 0 Å². The monoisotopic (exact) mass is 211 g/mol. The molecule has 0 heterocycles. The molecule has 0 spiro atoms. The second kappa shape index (κ2) is 7.83. The fraction of sp³-hybridized carbons (Fsp3) is 0.600. The summed E-state index contributed by atoms with van der Waals surface area (Å²) in [6, 6.07) is 0. The highest BCUT2D eigenvalue weighted by Crippen LogP contribution is 1.91. The number of terminal acetylenes is 1. The number of carbonyl (C=O) groups is 2. The lowest BCUT2D eigenvalue weighted by atomic mass is 10.3. The maximum atomic E-state index is 11.5. The summed E-state index contributed by atoms with van der Waals surface area (Å²) in [4.78, 5) is 23.9. The lowest BCUT2D eigenvalue weighted by Crippen LogP contribution is -2.42. The molecule has 0 saturated carbocycles. The zero-order valence-electron chi connectivity index (χ0n) is 8.95. The van der Waals surface area contributed by atoms with Crippen molar-refractivity contribution >= 4 is 11.8 Å². The zero-order valence-corrected chi connectivity index (χ0v) is 8.95. The van der Waals surface area contributed by atoms with E-state index in [2.05, 4.69) is 11.2 Å². The Morgan fingerprint density at radius 3 is 2.67 bits per heavy atom. The summed E-state index contributed by atoms with van der Waals surface area (Å²) in [6.45, 7) is 2.66. The van der Waals surface area contributed by atoms with Crippen LogP contribution in [0, 0.1) is 12.3 Å². The molecule has 3 N–H and O–H groups in total. The van der Waals surface area contributed by atoms with E-state index >= 15 is 0 Å². The third-order valence-corrected chi connectivity index (χ3v) is 1.75. The second-order valence-corrected chi connectivity index (χ2v) is 3.00. The molecule has 5 nitrogen and oxygen atoms in total. The molecule has 0 aliphatic heterocycles. The fourth-order valence-electron chi connectivity index (χ4n) is 1.03. The molecule has 0 rings (SSSR count). The first-order valence-electron chi connectivity index (χ1n) is 4.83. The highest BCUT2D eigenvalue weighted by Gasteiger charge is 2.11. The average Bonchev–Trinajstić information content (AvgIpc) is 2.25. The van der Waals surface area contributed by atoms with Gasteiger partial charge in [-0.1, -0.05) is 12.8 Å². The maximum Gasteiger partial charge on any atom is 0.242 e. The highest BCUT2D eigenvalue weighted by atomic mass is 16.2. The van der Waals surface area contributed by atoms with Gasteiger partial charge in [0.05, 0.1) is 19.6 Å². The van der Waals surface area contributed by atoms with Gasteiger partial charge in [-0.25, -0.2) is 0 Å². The van der Waals surface area contributed by atoms with E-state index in [1.54, 1.807) is 0 Å². The number of nitrogens with one attached hydrogen (secondary N) is 1. The summed E-state index contributed by atoms with van der Waals surface area (Å²) in [5.74, 6) is 1.87. The maximum absolute atomic E-state index is 11.5. The van der Waals surface area contributed by atoms with E-state index in [9.17, 15) is 9.59 Å². The van der Waals surface area contributed by atoms with Gasteiger partial charge in [0.25, 0.3) is 0 Å². The first kappa shape index (κ1) is 13.5. The number of rotatable bonds is 6. The number of carbonyl (C=O) groups excluding carboxylic acids is 2. The van der Waals surface area contributed by atoms with E-state index < -0.39 is 0 Å². The molecule has 15 heavy (non-hydrogen) atoms. The van der Waals surface area contributed by atoms with Gasteiger partial charge in [0.1, 0.15) is 0 Å². The van der Waals surface area contributed by atoms with Crippen LogP contribution in [0.4, 0.5) is 0 Å². The molecule has 0 saturated heterocycles. The summed E-state index contributed by atoms with van der Waals surface area (Å²) in [7, 11) is 0. The molecule has 0 aromatic heterocycles. The lowest BCUT2D eigenvalue weighted by molar-refractivity contribution is -0.132. The Balaban J connectivity index is 4.03. The van der Waals surface area contributed by atoms with Gasteiger partial charge in [0.15, 0.2) is 0 Å². The second-order valence-electron chi connectivity index (χ2n) is 3.00. The lowest BCUT2D eigenvalue weighted by Gasteiger charge is -2.19. The molecule has 0 radical (unpaired) electrons. The Morgan fingerprint density at radius 2 is 2.20 bits per heavy atom. The van der Waals surface area contributed by atoms with Gasteiger partial charge in [0.2, 0.25) is 11.8 Å². The van der Waals surface area contributed by atoms with Crippen molar-refractivity contribution in [2.45, 2.75) is 13.3 Å². The predicted octanol–water partition coefficient (Wildman–Crippen LogP) is -1.07. The van der Waals surface area contributed by atoms with Crippen LogP contribution in [0.1, 0.15) is 13.3 Å². The first-order chi connectivity index (χ1) is 7.15. The van der Waals surface area contributed by atoms with Crippen LogP contribution in [0.2, 0.25) is 0 Å². The van der Waals surface area contributed by atoms with Crippen molar-refractivity contribution in [2.75, 3.05) is 26.2 Å². The van der Waals surface area contributed by atoms with Crippen molar-refractivity contribution in [3.05, 3.63) is 0 Å². The Hall–Kier alpha value is -1.54. The molecule has 0 unspecified atom stereocenters. The molecule has 0 aromatic rings. The van der Waals surface area contributed by atoms with Gasteiger partial charge in [-0.05, 0) is 6.42 Å². The Morgan fingerprint density at radius 1 is 1.53 bits per heavy atom. The summed E-state index contributed by atoms with van der Waals surface area (Å²) in [5.41, 5.74) is 5.08. The van der Waals surface area contributed by atoms with Crippen molar-refractivity contribution in [3.63, 3.8) is 0 Å². The van der Waals surface area contributed by atoms with Crippen molar-refractivity contribution in [1.82, 2.24) is 10.2 Å². The van der Waals surface area contributed by atoms with Gasteiger partial charge in [-0.3, -0.25) is 9.59 Å². The first-order valence-corrected chi connectivity index (χ1v) is 4.83. The van der Waals surface area contributed by atoms with Crippen LogP contribution in [0.5, 0.6) is 0 Å². The largest absolute Gasteiger partial charge is 0.346 e. The molecule has 2 amide bonds. The third-order valence-electron chi connectivity index (χ3n) is 1.75. The summed E-state index contributed by atoms with van der Waals surface area (Å²) < 4.78 is 0. The Kier molecular flexibility index (Phi) is 7.02. The van der Waals surface area contributed by atoms with Gasteiger partial charge in [0, 0.05) is 6.54 Å². The summed E-state index contributed by atoms with van der Waals surface area (Å²) in [5, 5.41) is 2.41.